The number of halogens is 1. The molecule has 32 heavy (non-hydrogen) atoms. The van der Waals surface area contributed by atoms with Crippen LogP contribution in [0.15, 0.2) is 0 Å². The third-order valence-electron chi connectivity index (χ3n) is 7.44. The molecule has 0 spiro atoms. The third-order valence-corrected chi connectivity index (χ3v) is 7.44. The summed E-state index contributed by atoms with van der Waals surface area (Å²) in [6.45, 7) is 15.2. The summed E-state index contributed by atoms with van der Waals surface area (Å²) in [5.74, 6) is 0. The predicted molar refractivity (Wildman–Crippen MR) is 144 cm³/mol. The van der Waals surface area contributed by atoms with Gasteiger partial charge in [0.1, 0.15) is 0 Å². The highest BCUT2D eigenvalue weighted by Gasteiger charge is 2.25. The summed E-state index contributed by atoms with van der Waals surface area (Å²) < 4.78 is 1.47. The van der Waals surface area contributed by atoms with Crippen molar-refractivity contribution in [2.24, 2.45) is 0 Å². The standard InChI is InChI=1S/C30H64N.BrH/c1-5-9-13-17-21-25-29-31(27-23-19-15-11-7-3,28-24-20-16-12-8-4)30-26-22-18-14-10-6-2;/h5-30H2,1-4H3;1H/q+1;/p-1. The number of nitrogens with zero attached hydrogens (tertiary/aromatic N) is 1. The molecule has 0 rings (SSSR count). The number of rotatable bonds is 26. The minimum absolute atomic E-state index is 0. The zero-order chi connectivity index (χ0) is 22.9. The summed E-state index contributed by atoms with van der Waals surface area (Å²) in [5, 5.41) is 0. The van der Waals surface area contributed by atoms with E-state index in [1.807, 2.05) is 0 Å². The van der Waals surface area contributed by atoms with Gasteiger partial charge < -0.3 is 21.5 Å². The fourth-order valence-electron chi connectivity index (χ4n) is 5.23. The third kappa shape index (κ3) is 22.2. The highest BCUT2D eigenvalue weighted by molar-refractivity contribution is 4.54. The highest BCUT2D eigenvalue weighted by atomic mass is 79.9. The van der Waals surface area contributed by atoms with Gasteiger partial charge in [-0.2, -0.15) is 0 Å². The second-order valence-electron chi connectivity index (χ2n) is 10.6. The fraction of sp³-hybridized carbons (Fsp3) is 1.00. The van der Waals surface area contributed by atoms with Gasteiger partial charge in [0.15, 0.2) is 0 Å². The van der Waals surface area contributed by atoms with Gasteiger partial charge in [-0.1, -0.05) is 118 Å². The minimum atomic E-state index is 0. The Morgan fingerprint density at radius 2 is 0.469 bits per heavy atom. The SMILES string of the molecule is CCCCCCCC[N+](CCCCCCC)(CCCCCCC)CCCCCCCC.[Br-]. The molecule has 196 valence electrons. The first-order chi connectivity index (χ1) is 15.2. The largest absolute Gasteiger partial charge is 1.00 e. The number of quaternary nitrogens is 1. The van der Waals surface area contributed by atoms with Gasteiger partial charge in [0, 0.05) is 0 Å². The molecule has 0 saturated heterocycles. The van der Waals surface area contributed by atoms with E-state index < -0.39 is 0 Å². The van der Waals surface area contributed by atoms with Crippen molar-refractivity contribution in [2.45, 2.75) is 169 Å². The Balaban J connectivity index is 0. The van der Waals surface area contributed by atoms with Crippen LogP contribution in [0.4, 0.5) is 0 Å². The van der Waals surface area contributed by atoms with Crippen LogP contribution in [0.2, 0.25) is 0 Å². The van der Waals surface area contributed by atoms with Crippen LogP contribution in [0.25, 0.3) is 0 Å². The molecule has 0 bridgehead atoms. The molecule has 0 atom stereocenters. The van der Waals surface area contributed by atoms with E-state index in [0.717, 1.165) is 0 Å². The normalized spacial score (nSPS) is 11.6. The maximum Gasteiger partial charge on any atom is 0.0786 e. The Hall–Kier alpha value is 0.440. The number of unbranched alkanes of at least 4 members (excludes halogenated alkanes) is 18. The van der Waals surface area contributed by atoms with Gasteiger partial charge in [0.05, 0.1) is 26.2 Å². The topological polar surface area (TPSA) is 0 Å². The van der Waals surface area contributed by atoms with Gasteiger partial charge in [0.2, 0.25) is 0 Å². The molecule has 0 aliphatic carbocycles. The molecule has 2 heteroatoms. The van der Waals surface area contributed by atoms with E-state index in [4.69, 9.17) is 0 Å². The molecule has 0 N–H and O–H groups in total. The van der Waals surface area contributed by atoms with Crippen molar-refractivity contribution in [1.29, 1.82) is 0 Å². The van der Waals surface area contributed by atoms with Crippen LogP contribution in [0, 0.1) is 0 Å². The molecule has 0 saturated carbocycles. The molecule has 1 nitrogen and oxygen atoms in total. The van der Waals surface area contributed by atoms with Crippen molar-refractivity contribution in [3.8, 4) is 0 Å². The summed E-state index contributed by atoms with van der Waals surface area (Å²) in [5.41, 5.74) is 0. The minimum Gasteiger partial charge on any atom is -1.00 e. The van der Waals surface area contributed by atoms with Gasteiger partial charge in [-0.25, -0.2) is 0 Å². The summed E-state index contributed by atoms with van der Waals surface area (Å²) in [4.78, 5) is 0. The molecule has 0 amide bonds. The van der Waals surface area contributed by atoms with Crippen molar-refractivity contribution in [3.05, 3.63) is 0 Å². The lowest BCUT2D eigenvalue weighted by molar-refractivity contribution is -0.929. The van der Waals surface area contributed by atoms with Crippen LogP contribution >= 0.6 is 0 Å². The first kappa shape index (κ1) is 34.6. The lowest BCUT2D eigenvalue weighted by Crippen LogP contribution is -3.00. The van der Waals surface area contributed by atoms with Crippen LogP contribution in [0.5, 0.6) is 0 Å². The lowest BCUT2D eigenvalue weighted by atomic mass is 10.0. The van der Waals surface area contributed by atoms with E-state index in [0.29, 0.717) is 0 Å². The molecule has 0 fully saturated rings. The highest BCUT2D eigenvalue weighted by Crippen LogP contribution is 2.20. The number of hydrogen-bond acceptors (Lipinski definition) is 0. The average molecular weight is 519 g/mol. The van der Waals surface area contributed by atoms with E-state index in [9.17, 15) is 0 Å². The van der Waals surface area contributed by atoms with Crippen LogP contribution in [0.1, 0.15) is 169 Å². The lowest BCUT2D eigenvalue weighted by Gasteiger charge is -2.40. The molecule has 0 aliphatic heterocycles. The van der Waals surface area contributed by atoms with E-state index in [-0.39, 0.29) is 17.0 Å². The molecule has 0 unspecified atom stereocenters. The quantitative estimate of drug-likeness (QED) is 0.0823. The smallest absolute Gasteiger partial charge is 0.0786 e. The van der Waals surface area contributed by atoms with Gasteiger partial charge in [-0.15, -0.1) is 0 Å². The second kappa shape index (κ2) is 27.7. The first-order valence-corrected chi connectivity index (χ1v) is 15.1. The van der Waals surface area contributed by atoms with Crippen LogP contribution in [0.3, 0.4) is 0 Å². The molecular weight excluding hydrogens is 454 g/mol. The summed E-state index contributed by atoms with van der Waals surface area (Å²) >= 11 is 0. The maximum absolute atomic E-state index is 2.34. The Kier molecular flexibility index (Phi) is 29.9. The monoisotopic (exact) mass is 517 g/mol. The molecule has 0 aromatic heterocycles. The van der Waals surface area contributed by atoms with E-state index >= 15 is 0 Å². The predicted octanol–water partition coefficient (Wildman–Crippen LogP) is 7.47. The average Bonchev–Trinajstić information content (AvgIpc) is 2.78. The Morgan fingerprint density at radius 3 is 0.688 bits per heavy atom. The summed E-state index contributed by atoms with van der Waals surface area (Å²) in [6.07, 6.45) is 31.8. The van der Waals surface area contributed by atoms with Gasteiger partial charge in [0.25, 0.3) is 0 Å². The number of hydrogen-bond donors (Lipinski definition) is 0. The van der Waals surface area contributed by atoms with E-state index in [1.54, 1.807) is 0 Å². The molecule has 0 aromatic carbocycles. The zero-order valence-corrected chi connectivity index (χ0v) is 24.8. The summed E-state index contributed by atoms with van der Waals surface area (Å²) in [6, 6.07) is 0. The fourth-order valence-corrected chi connectivity index (χ4v) is 5.23. The summed E-state index contributed by atoms with van der Waals surface area (Å²) in [7, 11) is 0. The van der Waals surface area contributed by atoms with E-state index in [1.165, 1.54) is 172 Å². The van der Waals surface area contributed by atoms with Crippen molar-refractivity contribution in [3.63, 3.8) is 0 Å². The molecule has 0 radical (unpaired) electrons. The molecule has 0 aliphatic rings. The first-order valence-electron chi connectivity index (χ1n) is 15.1. The maximum atomic E-state index is 2.34. The van der Waals surface area contributed by atoms with Crippen LogP contribution in [-0.4, -0.2) is 30.7 Å². The van der Waals surface area contributed by atoms with Crippen LogP contribution < -0.4 is 17.0 Å². The Morgan fingerprint density at radius 1 is 0.281 bits per heavy atom. The van der Waals surface area contributed by atoms with Crippen molar-refractivity contribution < 1.29 is 21.5 Å². The molecule has 0 aromatic rings. The van der Waals surface area contributed by atoms with Gasteiger partial charge in [-0.05, 0) is 51.4 Å². The van der Waals surface area contributed by atoms with Crippen LogP contribution in [-0.2, 0) is 0 Å². The molecule has 0 heterocycles. The molecular formula is C30H64BrN. The van der Waals surface area contributed by atoms with Gasteiger partial charge in [-0.3, -0.25) is 0 Å². The van der Waals surface area contributed by atoms with Gasteiger partial charge >= 0.3 is 0 Å². The zero-order valence-electron chi connectivity index (χ0n) is 23.2. The van der Waals surface area contributed by atoms with Crippen molar-refractivity contribution in [1.82, 2.24) is 0 Å². The second-order valence-corrected chi connectivity index (χ2v) is 10.6. The van der Waals surface area contributed by atoms with Crippen molar-refractivity contribution >= 4 is 0 Å². The Bertz CT molecular complexity index is 299. The van der Waals surface area contributed by atoms with Crippen molar-refractivity contribution in [2.75, 3.05) is 26.2 Å². The Labute approximate surface area is 216 Å². The van der Waals surface area contributed by atoms with E-state index in [2.05, 4.69) is 27.7 Å².